The molecule has 1 aliphatic heterocycles. The van der Waals surface area contributed by atoms with E-state index in [1.807, 2.05) is 18.6 Å². The number of aromatic nitrogens is 4. The molecule has 1 N–H and O–H groups in total. The minimum Gasteiger partial charge on any atom is -0.342 e. The van der Waals surface area contributed by atoms with Crippen LogP contribution in [0.2, 0.25) is 0 Å². The van der Waals surface area contributed by atoms with Crippen molar-refractivity contribution in [1.82, 2.24) is 19.9 Å². The molecule has 5 aromatic rings. The van der Waals surface area contributed by atoms with Gasteiger partial charge in [-0.25, -0.2) is 15.0 Å². The summed E-state index contributed by atoms with van der Waals surface area (Å²) in [7, 11) is 0. The predicted molar refractivity (Wildman–Crippen MR) is 141 cm³/mol. The van der Waals surface area contributed by atoms with Crippen LogP contribution in [0, 0.1) is 5.92 Å². The molecule has 0 saturated heterocycles. The van der Waals surface area contributed by atoms with Crippen LogP contribution in [0.3, 0.4) is 0 Å². The van der Waals surface area contributed by atoms with Crippen LogP contribution in [-0.2, 0) is 0 Å². The molecule has 0 atom stereocenters. The van der Waals surface area contributed by atoms with Gasteiger partial charge in [0.2, 0.25) is 0 Å². The number of benzene rings is 3. The van der Waals surface area contributed by atoms with E-state index in [1.54, 1.807) is 6.33 Å². The number of aliphatic imine (C=N–C) groups is 1. The number of rotatable bonds is 4. The molecule has 0 saturated carbocycles. The average molecular weight is 446 g/mol. The Bertz CT molecular complexity index is 1620. The maximum Gasteiger partial charge on any atom is 0.116 e. The van der Waals surface area contributed by atoms with Gasteiger partial charge in [0.25, 0.3) is 0 Å². The molecular formula is C29H27N5. The molecule has 34 heavy (non-hydrogen) atoms. The van der Waals surface area contributed by atoms with E-state index in [1.165, 1.54) is 33.0 Å². The molecule has 5 nitrogen and oxygen atoms in total. The van der Waals surface area contributed by atoms with Crippen molar-refractivity contribution in [3.05, 3.63) is 72.7 Å². The SMILES string of the molecule is CC(C)C1=NC=C(c2ccc3c(c2)c2cncnc2c2cc(-c4cnc(C(C)C)[nH]4)ccc32)C1. The second-order valence-corrected chi connectivity index (χ2v) is 9.75. The highest BCUT2D eigenvalue weighted by molar-refractivity contribution is 6.24. The van der Waals surface area contributed by atoms with Gasteiger partial charge in [-0.15, -0.1) is 0 Å². The Morgan fingerprint density at radius 3 is 2.26 bits per heavy atom. The standard InChI is InChI=1S/C29H27N5/c1-16(2)26-11-20(12-31-26)18-5-7-21-22-8-6-19(27-14-32-29(34-27)17(3)4)10-24(22)28-25(23(21)9-18)13-30-15-33-28/h5-10,12-17H,11H2,1-4H3,(H,32,34). The number of nitrogens with one attached hydrogen (secondary N) is 1. The van der Waals surface area contributed by atoms with Crippen molar-refractivity contribution in [1.29, 1.82) is 0 Å². The molecule has 0 unspecified atom stereocenters. The zero-order valence-corrected chi connectivity index (χ0v) is 19.9. The van der Waals surface area contributed by atoms with Gasteiger partial charge < -0.3 is 4.98 Å². The number of allylic oxidation sites excluding steroid dienone is 1. The molecule has 168 valence electrons. The maximum atomic E-state index is 4.72. The average Bonchev–Trinajstić information content (AvgIpc) is 3.54. The van der Waals surface area contributed by atoms with Crippen LogP contribution < -0.4 is 0 Å². The minimum absolute atomic E-state index is 0.359. The summed E-state index contributed by atoms with van der Waals surface area (Å²) < 4.78 is 0. The molecule has 3 aromatic carbocycles. The Balaban J connectivity index is 1.53. The van der Waals surface area contributed by atoms with Gasteiger partial charge in [0.05, 0.1) is 17.4 Å². The van der Waals surface area contributed by atoms with E-state index in [2.05, 4.69) is 84.0 Å². The van der Waals surface area contributed by atoms with Gasteiger partial charge in [-0.05, 0) is 45.3 Å². The summed E-state index contributed by atoms with van der Waals surface area (Å²) in [5, 5.41) is 5.78. The van der Waals surface area contributed by atoms with E-state index >= 15 is 0 Å². The van der Waals surface area contributed by atoms with Crippen molar-refractivity contribution in [3.8, 4) is 11.3 Å². The third-order valence-electron chi connectivity index (χ3n) is 6.84. The highest BCUT2D eigenvalue weighted by atomic mass is 14.9. The Kier molecular flexibility index (Phi) is 4.80. The van der Waals surface area contributed by atoms with E-state index in [0.717, 1.165) is 39.8 Å². The van der Waals surface area contributed by atoms with Gasteiger partial charge >= 0.3 is 0 Å². The second kappa shape index (κ2) is 7.87. The number of nitrogens with zero attached hydrogens (tertiary/aromatic N) is 4. The first-order chi connectivity index (χ1) is 16.5. The van der Waals surface area contributed by atoms with Gasteiger partial charge in [-0.1, -0.05) is 52.0 Å². The number of H-pyrrole nitrogens is 1. The van der Waals surface area contributed by atoms with E-state index in [-0.39, 0.29) is 0 Å². The quantitative estimate of drug-likeness (QED) is 0.295. The molecule has 0 bridgehead atoms. The van der Waals surface area contributed by atoms with E-state index in [0.29, 0.717) is 11.8 Å². The number of imidazole rings is 1. The third kappa shape index (κ3) is 3.31. The lowest BCUT2D eigenvalue weighted by atomic mass is 9.92. The van der Waals surface area contributed by atoms with Crippen LogP contribution in [0.5, 0.6) is 0 Å². The van der Waals surface area contributed by atoms with Crippen LogP contribution in [0.4, 0.5) is 0 Å². The Labute approximate surface area is 198 Å². The lowest BCUT2D eigenvalue weighted by Crippen LogP contribution is -2.04. The van der Waals surface area contributed by atoms with Gasteiger partial charge in [0, 0.05) is 46.8 Å². The van der Waals surface area contributed by atoms with Crippen molar-refractivity contribution in [2.24, 2.45) is 10.9 Å². The van der Waals surface area contributed by atoms with Crippen molar-refractivity contribution < 1.29 is 0 Å². The summed E-state index contributed by atoms with van der Waals surface area (Å²) >= 11 is 0. The summed E-state index contributed by atoms with van der Waals surface area (Å²) in [5.74, 6) is 1.82. The van der Waals surface area contributed by atoms with Crippen molar-refractivity contribution in [2.45, 2.75) is 40.0 Å². The Morgan fingerprint density at radius 1 is 0.765 bits per heavy atom. The van der Waals surface area contributed by atoms with Crippen LogP contribution in [0.1, 0.15) is 51.4 Å². The minimum atomic E-state index is 0.359. The lowest BCUT2D eigenvalue weighted by Gasteiger charge is -2.13. The molecule has 0 radical (unpaired) electrons. The predicted octanol–water partition coefficient (Wildman–Crippen LogP) is 7.29. The summed E-state index contributed by atoms with van der Waals surface area (Å²) in [6, 6.07) is 13.3. The molecule has 0 amide bonds. The second-order valence-electron chi connectivity index (χ2n) is 9.75. The molecular weight excluding hydrogens is 418 g/mol. The first-order valence-corrected chi connectivity index (χ1v) is 11.9. The summed E-state index contributed by atoms with van der Waals surface area (Å²) in [5.41, 5.74) is 6.83. The summed E-state index contributed by atoms with van der Waals surface area (Å²) in [6.07, 6.45) is 8.44. The molecule has 6 rings (SSSR count). The first-order valence-electron chi connectivity index (χ1n) is 11.9. The zero-order valence-electron chi connectivity index (χ0n) is 19.9. The number of hydrogen-bond donors (Lipinski definition) is 1. The fourth-order valence-corrected chi connectivity index (χ4v) is 4.84. The first kappa shape index (κ1) is 20.7. The van der Waals surface area contributed by atoms with Crippen LogP contribution in [0.15, 0.2) is 66.3 Å². The van der Waals surface area contributed by atoms with Gasteiger partial charge in [-0.3, -0.25) is 4.99 Å². The van der Waals surface area contributed by atoms with E-state index in [9.17, 15) is 0 Å². The fourth-order valence-electron chi connectivity index (χ4n) is 4.84. The molecule has 0 fully saturated rings. The van der Waals surface area contributed by atoms with Gasteiger partial charge in [0.15, 0.2) is 0 Å². The smallest absolute Gasteiger partial charge is 0.116 e. The van der Waals surface area contributed by atoms with Crippen LogP contribution in [0.25, 0.3) is 49.3 Å². The summed E-state index contributed by atoms with van der Waals surface area (Å²) in [4.78, 5) is 21.8. The topological polar surface area (TPSA) is 66.8 Å². The maximum absolute atomic E-state index is 4.72. The molecule has 3 heterocycles. The molecule has 0 spiro atoms. The highest BCUT2D eigenvalue weighted by Crippen LogP contribution is 2.38. The van der Waals surface area contributed by atoms with E-state index < -0.39 is 0 Å². The van der Waals surface area contributed by atoms with Gasteiger partial charge in [0.1, 0.15) is 12.2 Å². The Hall–Kier alpha value is -3.86. The monoisotopic (exact) mass is 445 g/mol. The fraction of sp³-hybridized carbons (Fsp3) is 0.241. The van der Waals surface area contributed by atoms with Crippen molar-refractivity contribution >= 4 is 43.7 Å². The van der Waals surface area contributed by atoms with Crippen LogP contribution in [-0.4, -0.2) is 25.6 Å². The van der Waals surface area contributed by atoms with Crippen molar-refractivity contribution in [2.75, 3.05) is 0 Å². The number of aromatic amines is 1. The summed E-state index contributed by atoms with van der Waals surface area (Å²) in [6.45, 7) is 8.69. The zero-order chi connectivity index (χ0) is 23.4. The number of hydrogen-bond acceptors (Lipinski definition) is 4. The highest BCUT2D eigenvalue weighted by Gasteiger charge is 2.17. The van der Waals surface area contributed by atoms with Gasteiger partial charge in [-0.2, -0.15) is 0 Å². The Morgan fingerprint density at radius 2 is 1.53 bits per heavy atom. The van der Waals surface area contributed by atoms with E-state index in [4.69, 9.17) is 4.98 Å². The normalized spacial score (nSPS) is 14.1. The lowest BCUT2D eigenvalue weighted by molar-refractivity contribution is 0.795. The number of fused-ring (bicyclic) bond motifs is 6. The van der Waals surface area contributed by atoms with Crippen LogP contribution >= 0.6 is 0 Å². The largest absolute Gasteiger partial charge is 0.342 e. The molecule has 1 aliphatic rings. The van der Waals surface area contributed by atoms with Crippen molar-refractivity contribution in [3.63, 3.8) is 0 Å². The molecule has 5 heteroatoms. The third-order valence-corrected chi connectivity index (χ3v) is 6.84. The molecule has 2 aromatic heterocycles. The molecule has 0 aliphatic carbocycles.